The number of hydrogen-bond acceptors (Lipinski definition) is 5. The van der Waals surface area contributed by atoms with E-state index in [2.05, 4.69) is 22.1 Å². The summed E-state index contributed by atoms with van der Waals surface area (Å²) in [6.07, 6.45) is 5.41. The summed E-state index contributed by atoms with van der Waals surface area (Å²) in [6, 6.07) is 3.21. The van der Waals surface area contributed by atoms with Crippen LogP contribution in [0.1, 0.15) is 32.6 Å². The highest BCUT2D eigenvalue weighted by atomic mass is 32.2. The molecule has 0 bridgehead atoms. The van der Waals surface area contributed by atoms with Gasteiger partial charge in [-0.15, -0.1) is 0 Å². The van der Waals surface area contributed by atoms with Gasteiger partial charge < -0.3 is 5.43 Å². The van der Waals surface area contributed by atoms with Gasteiger partial charge in [0.05, 0.1) is 5.69 Å². The maximum absolute atomic E-state index is 12.3. The summed E-state index contributed by atoms with van der Waals surface area (Å²) in [7, 11) is -3.63. The molecule has 1 fully saturated rings. The van der Waals surface area contributed by atoms with Gasteiger partial charge in [-0.2, -0.15) is 0 Å². The molecule has 6 nitrogen and oxygen atoms in total. The van der Waals surface area contributed by atoms with Crippen molar-refractivity contribution in [2.75, 3.05) is 5.43 Å². The Morgan fingerprint density at radius 2 is 2.21 bits per heavy atom. The number of nitrogens with one attached hydrogen (secondary N) is 2. The fourth-order valence-corrected chi connectivity index (χ4v) is 3.91. The summed E-state index contributed by atoms with van der Waals surface area (Å²) in [6.45, 7) is 2.15. The Morgan fingerprint density at radius 1 is 1.42 bits per heavy atom. The fourth-order valence-electron chi connectivity index (χ4n) is 2.53. The summed E-state index contributed by atoms with van der Waals surface area (Å²) in [5.41, 5.74) is 2.67. The zero-order valence-electron chi connectivity index (χ0n) is 11.0. The molecule has 0 radical (unpaired) electrons. The minimum absolute atomic E-state index is 0.0126. The normalized spacial score (nSPS) is 24.1. The first kappa shape index (κ1) is 14.2. The first-order valence-electron chi connectivity index (χ1n) is 6.47. The third-order valence-electron chi connectivity index (χ3n) is 3.44. The number of aromatic nitrogens is 1. The predicted octanol–water partition coefficient (Wildman–Crippen LogP) is 1.22. The predicted molar refractivity (Wildman–Crippen MR) is 73.8 cm³/mol. The molecular formula is C12H20N4O2S. The maximum atomic E-state index is 12.3. The van der Waals surface area contributed by atoms with Crippen LogP contribution in [0, 0.1) is 5.92 Å². The van der Waals surface area contributed by atoms with Crippen LogP contribution in [0.25, 0.3) is 0 Å². The van der Waals surface area contributed by atoms with E-state index in [1.165, 1.54) is 6.20 Å². The Balaban J connectivity index is 2.18. The van der Waals surface area contributed by atoms with Crippen molar-refractivity contribution >= 4 is 15.7 Å². The van der Waals surface area contributed by atoms with Crippen LogP contribution in [0.4, 0.5) is 5.69 Å². The van der Waals surface area contributed by atoms with Crippen molar-refractivity contribution in [3.05, 3.63) is 18.3 Å². The third-order valence-corrected chi connectivity index (χ3v) is 4.92. The van der Waals surface area contributed by atoms with Crippen LogP contribution in [-0.4, -0.2) is 19.4 Å². The molecule has 0 saturated heterocycles. The maximum Gasteiger partial charge on any atom is 0.260 e. The van der Waals surface area contributed by atoms with E-state index in [0.29, 0.717) is 11.6 Å². The molecule has 19 heavy (non-hydrogen) atoms. The van der Waals surface area contributed by atoms with E-state index in [4.69, 9.17) is 5.84 Å². The Morgan fingerprint density at radius 3 is 2.89 bits per heavy atom. The van der Waals surface area contributed by atoms with E-state index in [1.54, 1.807) is 12.1 Å². The summed E-state index contributed by atoms with van der Waals surface area (Å²) >= 11 is 0. The van der Waals surface area contributed by atoms with Crippen molar-refractivity contribution in [1.82, 2.24) is 9.71 Å². The molecule has 7 heteroatoms. The molecule has 1 saturated carbocycles. The van der Waals surface area contributed by atoms with Gasteiger partial charge in [0.2, 0.25) is 0 Å². The van der Waals surface area contributed by atoms with Crippen LogP contribution in [-0.2, 0) is 10.0 Å². The van der Waals surface area contributed by atoms with Gasteiger partial charge >= 0.3 is 0 Å². The van der Waals surface area contributed by atoms with E-state index in [-0.39, 0.29) is 11.1 Å². The van der Waals surface area contributed by atoms with E-state index in [9.17, 15) is 8.42 Å². The van der Waals surface area contributed by atoms with Crippen molar-refractivity contribution < 1.29 is 8.42 Å². The van der Waals surface area contributed by atoms with Gasteiger partial charge in [0.15, 0.2) is 5.03 Å². The average molecular weight is 284 g/mol. The van der Waals surface area contributed by atoms with Gasteiger partial charge in [0, 0.05) is 12.2 Å². The number of nitrogens with two attached hydrogens (primary N) is 1. The molecule has 0 aromatic carbocycles. The lowest BCUT2D eigenvalue weighted by Crippen LogP contribution is -2.38. The molecule has 1 heterocycles. The van der Waals surface area contributed by atoms with Crippen LogP contribution < -0.4 is 16.0 Å². The zero-order chi connectivity index (χ0) is 13.9. The number of anilines is 1. The van der Waals surface area contributed by atoms with E-state index < -0.39 is 10.0 Å². The van der Waals surface area contributed by atoms with Crippen molar-refractivity contribution in [3.8, 4) is 0 Å². The highest BCUT2D eigenvalue weighted by Crippen LogP contribution is 2.25. The summed E-state index contributed by atoms with van der Waals surface area (Å²) < 4.78 is 27.4. The minimum Gasteiger partial charge on any atom is -0.321 e. The van der Waals surface area contributed by atoms with Gasteiger partial charge in [0.1, 0.15) is 0 Å². The first-order chi connectivity index (χ1) is 9.03. The molecular weight excluding hydrogens is 264 g/mol. The Bertz CT molecular complexity index is 532. The number of rotatable bonds is 4. The second kappa shape index (κ2) is 5.85. The number of pyridine rings is 1. The van der Waals surface area contributed by atoms with Gasteiger partial charge in [-0.1, -0.05) is 19.8 Å². The summed E-state index contributed by atoms with van der Waals surface area (Å²) in [4.78, 5) is 3.91. The summed E-state index contributed by atoms with van der Waals surface area (Å²) in [5.74, 6) is 5.87. The molecule has 1 aromatic heterocycles. The fraction of sp³-hybridized carbons (Fsp3) is 0.583. The number of hydrogen-bond donors (Lipinski definition) is 3. The molecule has 1 aromatic rings. The molecule has 1 aliphatic rings. The van der Waals surface area contributed by atoms with E-state index >= 15 is 0 Å². The SMILES string of the molecule is CC1CCCC(NS(=O)(=O)c2ncccc2NN)C1. The van der Waals surface area contributed by atoms with Crippen molar-refractivity contribution in [2.45, 2.75) is 43.7 Å². The number of sulfonamides is 1. The highest BCUT2D eigenvalue weighted by Gasteiger charge is 2.27. The quantitative estimate of drug-likeness (QED) is 0.570. The van der Waals surface area contributed by atoms with Gasteiger partial charge in [0.25, 0.3) is 10.0 Å². The van der Waals surface area contributed by atoms with E-state index in [0.717, 1.165) is 25.7 Å². The molecule has 4 N–H and O–H groups in total. The second-order valence-corrected chi connectivity index (χ2v) is 6.72. The number of hydrazine groups is 1. The molecule has 0 aliphatic heterocycles. The molecule has 106 valence electrons. The second-order valence-electron chi connectivity index (χ2n) is 5.09. The lowest BCUT2D eigenvalue weighted by molar-refractivity contribution is 0.327. The molecule has 1 aliphatic carbocycles. The largest absolute Gasteiger partial charge is 0.321 e. The molecule has 2 atom stereocenters. The van der Waals surface area contributed by atoms with Crippen LogP contribution in [0.3, 0.4) is 0 Å². The topological polar surface area (TPSA) is 97.1 Å². The molecule has 2 unspecified atom stereocenters. The zero-order valence-corrected chi connectivity index (χ0v) is 11.8. The minimum atomic E-state index is -3.63. The standard InChI is InChI=1S/C12H20N4O2S/c1-9-4-2-5-10(8-9)16-19(17,18)12-11(15-13)6-3-7-14-12/h3,6-7,9-10,15-16H,2,4-5,8,13H2,1H3. The number of nitrogens with zero attached hydrogens (tertiary/aromatic N) is 1. The molecule has 2 rings (SSSR count). The Kier molecular flexibility index (Phi) is 4.38. The van der Waals surface area contributed by atoms with Crippen molar-refractivity contribution in [3.63, 3.8) is 0 Å². The smallest absolute Gasteiger partial charge is 0.260 e. The van der Waals surface area contributed by atoms with Crippen LogP contribution in [0.15, 0.2) is 23.4 Å². The third kappa shape index (κ3) is 3.43. The Hall–Kier alpha value is -1.18. The summed E-state index contributed by atoms with van der Waals surface area (Å²) in [5, 5.41) is -0.0456. The molecule has 0 spiro atoms. The van der Waals surface area contributed by atoms with Crippen LogP contribution in [0.5, 0.6) is 0 Å². The average Bonchev–Trinajstić information content (AvgIpc) is 2.38. The lowest BCUT2D eigenvalue weighted by Gasteiger charge is -2.27. The van der Waals surface area contributed by atoms with Crippen molar-refractivity contribution in [1.29, 1.82) is 0 Å². The monoisotopic (exact) mass is 284 g/mol. The highest BCUT2D eigenvalue weighted by molar-refractivity contribution is 7.89. The van der Waals surface area contributed by atoms with Crippen LogP contribution in [0.2, 0.25) is 0 Å². The van der Waals surface area contributed by atoms with E-state index in [1.807, 2.05) is 0 Å². The van der Waals surface area contributed by atoms with Gasteiger partial charge in [-0.3, -0.25) is 5.84 Å². The number of nitrogen functional groups attached to an aromatic ring is 1. The van der Waals surface area contributed by atoms with Crippen molar-refractivity contribution in [2.24, 2.45) is 11.8 Å². The van der Waals surface area contributed by atoms with Gasteiger partial charge in [-0.25, -0.2) is 18.1 Å². The first-order valence-corrected chi connectivity index (χ1v) is 7.95. The Labute approximate surface area is 113 Å². The van der Waals surface area contributed by atoms with Gasteiger partial charge in [-0.05, 0) is 30.9 Å². The van der Waals surface area contributed by atoms with Crippen LogP contribution >= 0.6 is 0 Å². The molecule has 0 amide bonds. The lowest BCUT2D eigenvalue weighted by atomic mass is 9.88.